The highest BCUT2D eigenvalue weighted by Gasteiger charge is 2.15. The van der Waals surface area contributed by atoms with E-state index in [2.05, 4.69) is 15.3 Å². The van der Waals surface area contributed by atoms with E-state index in [0.717, 1.165) is 16.8 Å². The lowest BCUT2D eigenvalue weighted by molar-refractivity contribution is 0.0698. The fourth-order valence-corrected chi connectivity index (χ4v) is 2.58. The van der Waals surface area contributed by atoms with E-state index in [0.29, 0.717) is 0 Å². The molecule has 0 fully saturated rings. The smallest absolute Gasteiger partial charge is 0.337 e. The van der Waals surface area contributed by atoms with E-state index in [1.165, 1.54) is 6.07 Å². The third-order valence-electron chi connectivity index (χ3n) is 3.70. The standard InChI is InChI=1S/C19H14N4O2/c20-23-22-17-12-6-10-15(19(24)25)18(17)21-16-11-5-4-9-14(16)13-7-2-1-3-8-13/h1-12,21H,(H,24,25). The summed E-state index contributed by atoms with van der Waals surface area (Å²) in [5, 5.41) is 16.2. The predicted octanol–water partition coefficient (Wildman–Crippen LogP) is 5.74. The number of carboxylic acids is 1. The first kappa shape index (κ1) is 16.1. The van der Waals surface area contributed by atoms with E-state index in [-0.39, 0.29) is 16.9 Å². The lowest BCUT2D eigenvalue weighted by atomic mass is 10.0. The van der Waals surface area contributed by atoms with Crippen LogP contribution in [0.1, 0.15) is 10.4 Å². The zero-order chi connectivity index (χ0) is 17.6. The Labute approximate surface area is 144 Å². The minimum absolute atomic E-state index is 0.0350. The molecule has 0 aromatic heterocycles. The first-order valence-electron chi connectivity index (χ1n) is 7.53. The van der Waals surface area contributed by atoms with Crippen LogP contribution in [-0.4, -0.2) is 11.1 Å². The molecule has 6 heteroatoms. The van der Waals surface area contributed by atoms with E-state index in [1.54, 1.807) is 12.1 Å². The molecule has 2 N–H and O–H groups in total. The maximum atomic E-state index is 11.5. The van der Waals surface area contributed by atoms with Gasteiger partial charge in [0.2, 0.25) is 0 Å². The molecule has 0 saturated heterocycles. The number of carboxylic acid groups (broad SMARTS) is 1. The number of nitrogens with one attached hydrogen (secondary N) is 1. The Hall–Kier alpha value is -3.76. The van der Waals surface area contributed by atoms with Crippen LogP contribution in [0.2, 0.25) is 0 Å². The molecule has 122 valence electrons. The average Bonchev–Trinajstić information content (AvgIpc) is 2.64. The molecule has 0 heterocycles. The van der Waals surface area contributed by atoms with Crippen molar-refractivity contribution in [3.8, 4) is 11.1 Å². The number of carbonyl (C=O) groups is 1. The van der Waals surface area contributed by atoms with Crippen molar-refractivity contribution in [3.05, 3.63) is 88.8 Å². The summed E-state index contributed by atoms with van der Waals surface area (Å²) in [5.74, 6) is -1.10. The van der Waals surface area contributed by atoms with E-state index in [4.69, 9.17) is 5.53 Å². The minimum atomic E-state index is -1.10. The highest BCUT2D eigenvalue weighted by molar-refractivity contribution is 5.99. The number of hydrogen-bond donors (Lipinski definition) is 2. The van der Waals surface area contributed by atoms with Crippen LogP contribution in [0.15, 0.2) is 77.9 Å². The van der Waals surface area contributed by atoms with Crippen LogP contribution in [-0.2, 0) is 0 Å². The second-order valence-electron chi connectivity index (χ2n) is 5.23. The van der Waals surface area contributed by atoms with Crippen LogP contribution >= 0.6 is 0 Å². The Balaban J connectivity index is 2.13. The number of azide groups is 1. The van der Waals surface area contributed by atoms with Crippen LogP contribution in [0.5, 0.6) is 0 Å². The second kappa shape index (κ2) is 7.21. The van der Waals surface area contributed by atoms with E-state index in [1.807, 2.05) is 54.6 Å². The number of aromatic carboxylic acids is 1. The van der Waals surface area contributed by atoms with Crippen molar-refractivity contribution in [2.24, 2.45) is 5.11 Å². The second-order valence-corrected chi connectivity index (χ2v) is 5.23. The first-order chi connectivity index (χ1) is 12.2. The lowest BCUT2D eigenvalue weighted by Gasteiger charge is -2.16. The van der Waals surface area contributed by atoms with Gasteiger partial charge >= 0.3 is 5.97 Å². The van der Waals surface area contributed by atoms with Gasteiger partial charge < -0.3 is 10.4 Å². The van der Waals surface area contributed by atoms with Crippen molar-refractivity contribution in [2.45, 2.75) is 0 Å². The summed E-state index contributed by atoms with van der Waals surface area (Å²) < 4.78 is 0. The fourth-order valence-electron chi connectivity index (χ4n) is 2.58. The Morgan fingerprint density at radius 2 is 1.68 bits per heavy atom. The molecule has 0 aliphatic carbocycles. The Morgan fingerprint density at radius 1 is 0.960 bits per heavy atom. The van der Waals surface area contributed by atoms with Gasteiger partial charge in [-0.3, -0.25) is 0 Å². The van der Waals surface area contributed by atoms with Gasteiger partial charge in [-0.05, 0) is 23.2 Å². The van der Waals surface area contributed by atoms with Gasteiger partial charge in [-0.1, -0.05) is 65.8 Å². The molecule has 3 aromatic rings. The van der Waals surface area contributed by atoms with Gasteiger partial charge in [0.15, 0.2) is 0 Å². The van der Waals surface area contributed by atoms with Gasteiger partial charge in [-0.2, -0.15) is 0 Å². The quantitative estimate of drug-likeness (QED) is 0.354. The molecule has 0 saturated carbocycles. The zero-order valence-electron chi connectivity index (χ0n) is 13.1. The number of hydrogen-bond acceptors (Lipinski definition) is 3. The molecule has 0 radical (unpaired) electrons. The summed E-state index contributed by atoms with van der Waals surface area (Å²) in [7, 11) is 0. The van der Waals surface area contributed by atoms with Crippen molar-refractivity contribution < 1.29 is 9.90 Å². The highest BCUT2D eigenvalue weighted by atomic mass is 16.4. The fraction of sp³-hybridized carbons (Fsp3) is 0. The van der Waals surface area contributed by atoms with Crippen molar-refractivity contribution in [1.29, 1.82) is 0 Å². The molecule has 6 nitrogen and oxygen atoms in total. The summed E-state index contributed by atoms with van der Waals surface area (Å²) in [6.45, 7) is 0. The zero-order valence-corrected chi connectivity index (χ0v) is 13.1. The molecule has 0 aliphatic heterocycles. The van der Waals surface area contributed by atoms with Gasteiger partial charge in [0.25, 0.3) is 0 Å². The molecule has 25 heavy (non-hydrogen) atoms. The summed E-state index contributed by atoms with van der Waals surface area (Å²) in [5.41, 5.74) is 11.9. The predicted molar refractivity (Wildman–Crippen MR) is 97.4 cm³/mol. The van der Waals surface area contributed by atoms with Crippen LogP contribution in [0, 0.1) is 0 Å². The molecule has 0 bridgehead atoms. The third-order valence-corrected chi connectivity index (χ3v) is 3.70. The molecule has 0 spiro atoms. The van der Waals surface area contributed by atoms with Crippen LogP contribution < -0.4 is 5.32 Å². The topological polar surface area (TPSA) is 98.1 Å². The average molecular weight is 330 g/mol. The van der Waals surface area contributed by atoms with Crippen molar-refractivity contribution in [2.75, 3.05) is 5.32 Å². The molecule has 0 unspecified atom stereocenters. The van der Waals surface area contributed by atoms with Crippen molar-refractivity contribution >= 4 is 23.0 Å². The number of anilines is 2. The number of para-hydroxylation sites is 2. The van der Waals surface area contributed by atoms with Gasteiger partial charge in [-0.15, -0.1) is 0 Å². The van der Waals surface area contributed by atoms with Gasteiger partial charge in [0, 0.05) is 16.2 Å². The maximum Gasteiger partial charge on any atom is 0.337 e. The minimum Gasteiger partial charge on any atom is -0.478 e. The first-order valence-corrected chi connectivity index (χ1v) is 7.53. The molecule has 0 amide bonds. The largest absolute Gasteiger partial charge is 0.478 e. The monoisotopic (exact) mass is 330 g/mol. The summed E-state index contributed by atoms with van der Waals surface area (Å²) in [6, 6.07) is 21.9. The van der Waals surface area contributed by atoms with E-state index >= 15 is 0 Å². The number of rotatable bonds is 5. The van der Waals surface area contributed by atoms with Gasteiger partial charge in [0.1, 0.15) is 0 Å². The lowest BCUT2D eigenvalue weighted by Crippen LogP contribution is -2.03. The van der Waals surface area contributed by atoms with E-state index < -0.39 is 5.97 Å². The van der Waals surface area contributed by atoms with Crippen molar-refractivity contribution in [1.82, 2.24) is 0 Å². The Bertz CT molecular complexity index is 944. The third kappa shape index (κ3) is 3.44. The van der Waals surface area contributed by atoms with Crippen LogP contribution in [0.4, 0.5) is 17.1 Å². The number of benzene rings is 3. The Kier molecular flexibility index (Phi) is 4.65. The molecular formula is C19H14N4O2. The SMILES string of the molecule is [N-]=[N+]=Nc1cccc(C(=O)O)c1Nc1ccccc1-c1ccccc1. The van der Waals surface area contributed by atoms with Gasteiger partial charge in [-0.25, -0.2) is 4.79 Å². The van der Waals surface area contributed by atoms with Gasteiger partial charge in [0.05, 0.1) is 16.9 Å². The summed E-state index contributed by atoms with van der Waals surface area (Å²) in [4.78, 5) is 14.3. The highest BCUT2D eigenvalue weighted by Crippen LogP contribution is 2.36. The molecule has 0 aliphatic rings. The molecule has 3 rings (SSSR count). The Morgan fingerprint density at radius 3 is 2.40 bits per heavy atom. The molecule has 0 atom stereocenters. The van der Waals surface area contributed by atoms with Crippen molar-refractivity contribution in [3.63, 3.8) is 0 Å². The van der Waals surface area contributed by atoms with E-state index in [9.17, 15) is 9.90 Å². The molecule has 3 aromatic carbocycles. The summed E-state index contributed by atoms with van der Waals surface area (Å²) >= 11 is 0. The summed E-state index contributed by atoms with van der Waals surface area (Å²) in [6.07, 6.45) is 0. The van der Waals surface area contributed by atoms with Crippen LogP contribution in [0.25, 0.3) is 21.6 Å². The number of nitrogens with zero attached hydrogens (tertiary/aromatic N) is 3. The normalized spacial score (nSPS) is 9.92. The maximum absolute atomic E-state index is 11.5. The van der Waals surface area contributed by atoms with Crippen LogP contribution in [0.3, 0.4) is 0 Å². The molecular weight excluding hydrogens is 316 g/mol.